The van der Waals surface area contributed by atoms with Crippen LogP contribution in [0.5, 0.6) is 0 Å². The fourth-order valence-corrected chi connectivity index (χ4v) is 2.16. The highest BCUT2D eigenvalue weighted by molar-refractivity contribution is 9.10. The Morgan fingerprint density at radius 1 is 1.38 bits per heavy atom. The molecule has 2 rings (SSSR count). The maximum absolute atomic E-state index is 11.9. The third-order valence-corrected chi connectivity index (χ3v) is 3.23. The number of carbonyl (C=O) groups is 1. The number of benzene rings is 1. The lowest BCUT2D eigenvalue weighted by molar-refractivity contribution is -0.116. The Hall–Kier alpha value is -2.64. The molecule has 1 amide bonds. The van der Waals surface area contributed by atoms with Crippen molar-refractivity contribution in [2.45, 2.75) is 13.0 Å². The van der Waals surface area contributed by atoms with Gasteiger partial charge in [0.15, 0.2) is 11.4 Å². The van der Waals surface area contributed by atoms with E-state index in [1.807, 2.05) is 24.3 Å². The van der Waals surface area contributed by atoms with Crippen LogP contribution in [0.2, 0.25) is 0 Å². The molecule has 1 N–H and O–H groups in total. The van der Waals surface area contributed by atoms with Gasteiger partial charge >= 0.3 is 0 Å². The lowest BCUT2D eigenvalue weighted by Gasteiger charge is -2.06. The molecule has 2 aromatic rings. The van der Waals surface area contributed by atoms with E-state index in [1.165, 1.54) is 10.9 Å². The number of anilines is 1. The first kappa shape index (κ1) is 14.8. The summed E-state index contributed by atoms with van der Waals surface area (Å²) in [4.78, 5) is 15.7. The first-order valence-electron chi connectivity index (χ1n) is 6.05. The molecule has 1 aromatic carbocycles. The molecule has 0 aliphatic rings. The van der Waals surface area contributed by atoms with Crippen LogP contribution in [0.1, 0.15) is 17.8 Å². The van der Waals surface area contributed by atoms with Gasteiger partial charge in [-0.1, -0.05) is 22.0 Å². The normalized spacial score (nSPS) is 9.67. The molecule has 0 unspecified atom stereocenters. The van der Waals surface area contributed by atoms with Crippen LogP contribution in [0.15, 0.2) is 35.1 Å². The number of hydrogen-bond acceptors (Lipinski definition) is 4. The summed E-state index contributed by atoms with van der Waals surface area (Å²) in [5, 5.41) is 20.5. The largest absolute Gasteiger partial charge is 0.326 e. The van der Waals surface area contributed by atoms with E-state index in [4.69, 9.17) is 10.5 Å². The van der Waals surface area contributed by atoms with Crippen molar-refractivity contribution < 1.29 is 4.79 Å². The number of aromatic nitrogens is 2. The first-order valence-corrected chi connectivity index (χ1v) is 6.84. The van der Waals surface area contributed by atoms with E-state index in [9.17, 15) is 4.79 Å². The van der Waals surface area contributed by atoms with Gasteiger partial charge in [0, 0.05) is 23.1 Å². The maximum Gasteiger partial charge on any atom is 0.226 e. The first-order chi connectivity index (χ1) is 10.1. The maximum atomic E-state index is 11.9. The second kappa shape index (κ2) is 6.69. The fraction of sp³-hybridized carbons (Fsp3) is 0.143. The van der Waals surface area contributed by atoms with Gasteiger partial charge in [-0.25, -0.2) is 4.98 Å². The van der Waals surface area contributed by atoms with E-state index in [1.54, 1.807) is 12.1 Å². The minimum Gasteiger partial charge on any atom is -0.326 e. The molecule has 0 spiro atoms. The fourth-order valence-electron chi connectivity index (χ4n) is 1.76. The number of nitrogens with zero attached hydrogens (tertiary/aromatic N) is 4. The van der Waals surface area contributed by atoms with Crippen molar-refractivity contribution in [3.05, 3.63) is 46.5 Å². The number of imidazole rings is 1. The van der Waals surface area contributed by atoms with E-state index >= 15 is 0 Å². The van der Waals surface area contributed by atoms with Gasteiger partial charge in [0.2, 0.25) is 5.91 Å². The predicted octanol–water partition coefficient (Wildman–Crippen LogP) is 2.42. The zero-order valence-corrected chi connectivity index (χ0v) is 12.5. The third kappa shape index (κ3) is 3.68. The van der Waals surface area contributed by atoms with Crippen LogP contribution in [0.4, 0.5) is 5.69 Å². The predicted molar refractivity (Wildman–Crippen MR) is 79.0 cm³/mol. The van der Waals surface area contributed by atoms with E-state index in [0.717, 1.165) is 4.47 Å². The van der Waals surface area contributed by atoms with Crippen LogP contribution in [0, 0.1) is 22.7 Å². The highest BCUT2D eigenvalue weighted by atomic mass is 79.9. The number of nitriles is 2. The number of carbonyl (C=O) groups excluding carboxylic acids is 1. The molecule has 0 radical (unpaired) electrons. The van der Waals surface area contributed by atoms with Gasteiger partial charge in [-0.15, -0.1) is 0 Å². The van der Waals surface area contributed by atoms with E-state index < -0.39 is 0 Å². The molecular formula is C14H10BrN5O. The Morgan fingerprint density at radius 2 is 2.19 bits per heavy atom. The Morgan fingerprint density at radius 3 is 2.86 bits per heavy atom. The highest BCUT2D eigenvalue weighted by Gasteiger charge is 2.11. The molecule has 21 heavy (non-hydrogen) atoms. The van der Waals surface area contributed by atoms with Gasteiger partial charge in [0.1, 0.15) is 12.1 Å². The summed E-state index contributed by atoms with van der Waals surface area (Å²) in [5.41, 5.74) is 0.941. The average Bonchev–Trinajstić information content (AvgIpc) is 2.87. The van der Waals surface area contributed by atoms with Gasteiger partial charge in [-0.05, 0) is 18.2 Å². The number of nitrogens with one attached hydrogen (secondary N) is 1. The molecule has 0 saturated heterocycles. The average molecular weight is 344 g/mol. The molecule has 0 fully saturated rings. The summed E-state index contributed by atoms with van der Waals surface area (Å²) in [6.07, 6.45) is 1.58. The molecule has 104 valence electrons. The van der Waals surface area contributed by atoms with Gasteiger partial charge < -0.3 is 9.88 Å². The molecule has 0 atom stereocenters. The molecule has 0 aliphatic heterocycles. The van der Waals surface area contributed by atoms with Gasteiger partial charge in [0.25, 0.3) is 0 Å². The molecule has 1 aromatic heterocycles. The van der Waals surface area contributed by atoms with Crippen molar-refractivity contribution in [1.82, 2.24) is 9.55 Å². The van der Waals surface area contributed by atoms with Crippen molar-refractivity contribution >= 4 is 27.5 Å². The summed E-state index contributed by atoms with van der Waals surface area (Å²) in [5.74, 6) is -0.177. The summed E-state index contributed by atoms with van der Waals surface area (Å²) in [6.45, 7) is 0.289. The number of rotatable bonds is 4. The lowest BCUT2D eigenvalue weighted by Crippen LogP contribution is -2.14. The Kier molecular flexibility index (Phi) is 4.70. The van der Waals surface area contributed by atoms with Crippen molar-refractivity contribution in [3.8, 4) is 12.1 Å². The summed E-state index contributed by atoms with van der Waals surface area (Å²) >= 11 is 3.33. The molecule has 7 heteroatoms. The molecule has 1 heterocycles. The number of amides is 1. The van der Waals surface area contributed by atoms with Crippen molar-refractivity contribution in [2.24, 2.45) is 0 Å². The Bertz CT molecular complexity index is 753. The topological polar surface area (TPSA) is 94.5 Å². The zero-order valence-electron chi connectivity index (χ0n) is 10.9. The van der Waals surface area contributed by atoms with Crippen LogP contribution < -0.4 is 5.32 Å². The minimum atomic E-state index is -0.177. The second-order valence-corrected chi connectivity index (χ2v) is 5.08. The summed E-state index contributed by atoms with van der Waals surface area (Å²) < 4.78 is 2.37. The summed E-state index contributed by atoms with van der Waals surface area (Å²) in [7, 11) is 0. The van der Waals surface area contributed by atoms with Crippen LogP contribution in [-0.4, -0.2) is 15.5 Å². The number of hydrogen-bond donors (Lipinski definition) is 1. The molecular weight excluding hydrogens is 334 g/mol. The van der Waals surface area contributed by atoms with Crippen molar-refractivity contribution in [1.29, 1.82) is 10.5 Å². The Labute approximate surface area is 129 Å². The molecule has 0 bridgehead atoms. The lowest BCUT2D eigenvalue weighted by atomic mass is 10.3. The van der Waals surface area contributed by atoms with Gasteiger partial charge in [0.05, 0.1) is 6.33 Å². The Balaban J connectivity index is 1.98. The van der Waals surface area contributed by atoms with Gasteiger partial charge in [-0.3, -0.25) is 4.79 Å². The quantitative estimate of drug-likeness (QED) is 0.921. The summed E-state index contributed by atoms with van der Waals surface area (Å²) in [6, 6.07) is 11.0. The minimum absolute atomic E-state index is 0.0740. The smallest absolute Gasteiger partial charge is 0.226 e. The zero-order chi connectivity index (χ0) is 15.2. The van der Waals surface area contributed by atoms with Crippen LogP contribution in [0.25, 0.3) is 0 Å². The van der Waals surface area contributed by atoms with Crippen LogP contribution in [0.3, 0.4) is 0 Å². The SMILES string of the molecule is N#Cc1ncn(CCC(=O)Nc2cccc(Br)c2)c1C#N. The monoisotopic (exact) mass is 343 g/mol. The van der Waals surface area contributed by atoms with Crippen molar-refractivity contribution in [2.75, 3.05) is 5.32 Å². The van der Waals surface area contributed by atoms with Crippen molar-refractivity contribution in [3.63, 3.8) is 0 Å². The van der Waals surface area contributed by atoms with E-state index in [0.29, 0.717) is 5.69 Å². The number of halogens is 1. The highest BCUT2D eigenvalue weighted by Crippen LogP contribution is 2.16. The molecule has 0 aliphatic carbocycles. The number of aryl methyl sites for hydroxylation is 1. The standard InChI is InChI=1S/C14H10BrN5O/c15-10-2-1-3-11(6-10)19-14(21)4-5-20-9-18-12(7-16)13(20)8-17/h1-3,6,9H,4-5H2,(H,19,21). The van der Waals surface area contributed by atoms with E-state index in [2.05, 4.69) is 26.2 Å². The van der Waals surface area contributed by atoms with Gasteiger partial charge in [-0.2, -0.15) is 10.5 Å². The molecule has 0 saturated carbocycles. The van der Waals surface area contributed by atoms with Crippen LogP contribution >= 0.6 is 15.9 Å². The second-order valence-electron chi connectivity index (χ2n) is 4.17. The molecule has 6 nitrogen and oxygen atoms in total. The van der Waals surface area contributed by atoms with E-state index in [-0.39, 0.29) is 30.3 Å². The third-order valence-electron chi connectivity index (χ3n) is 2.74. The van der Waals surface area contributed by atoms with Crippen LogP contribution in [-0.2, 0) is 11.3 Å².